The minimum Gasteiger partial charge on any atom is -0.466 e. The lowest BCUT2D eigenvalue weighted by Gasteiger charge is -2.16. The number of esters is 1. The molecule has 64 valence electrons. The third-order valence-electron chi connectivity index (χ3n) is 1.56. The molecule has 0 fully saturated rings. The molecule has 3 nitrogen and oxygen atoms in total. The van der Waals surface area contributed by atoms with E-state index in [1.165, 1.54) is 13.2 Å². The van der Waals surface area contributed by atoms with Crippen molar-refractivity contribution in [1.82, 2.24) is 4.90 Å². The molecule has 3 heteroatoms. The summed E-state index contributed by atoms with van der Waals surface area (Å²) in [7, 11) is 3.23. The first-order valence-corrected chi connectivity index (χ1v) is 3.61. The fourth-order valence-corrected chi connectivity index (χ4v) is 0.866. The Morgan fingerprint density at radius 2 is 2.33 bits per heavy atom. The van der Waals surface area contributed by atoms with Crippen LogP contribution in [0.2, 0.25) is 0 Å². The van der Waals surface area contributed by atoms with Crippen molar-refractivity contribution in [2.75, 3.05) is 14.2 Å². The van der Waals surface area contributed by atoms with Gasteiger partial charge in [0, 0.05) is 25.0 Å². The van der Waals surface area contributed by atoms with Crippen LogP contribution in [0.15, 0.2) is 36.2 Å². The van der Waals surface area contributed by atoms with E-state index in [-0.39, 0.29) is 5.97 Å². The van der Waals surface area contributed by atoms with Crippen LogP contribution in [0.1, 0.15) is 0 Å². The van der Waals surface area contributed by atoms with E-state index < -0.39 is 0 Å². The van der Waals surface area contributed by atoms with Gasteiger partial charge in [0.05, 0.1) is 7.11 Å². The van der Waals surface area contributed by atoms with Crippen LogP contribution in [0.25, 0.3) is 0 Å². The van der Waals surface area contributed by atoms with Gasteiger partial charge in [-0.1, -0.05) is 6.08 Å². The quantitative estimate of drug-likeness (QED) is 0.430. The number of carbonyl (C=O) groups is 1. The number of hydrogen-bond acceptors (Lipinski definition) is 3. The van der Waals surface area contributed by atoms with Gasteiger partial charge in [-0.15, -0.1) is 0 Å². The first-order chi connectivity index (χ1) is 5.74. The zero-order valence-corrected chi connectivity index (χ0v) is 7.15. The van der Waals surface area contributed by atoms with Crippen LogP contribution in [-0.4, -0.2) is 25.0 Å². The predicted octanol–water partition coefficient (Wildman–Crippen LogP) is 1.06. The number of methoxy groups -OCH3 is 1. The van der Waals surface area contributed by atoms with E-state index in [2.05, 4.69) is 4.74 Å². The Hall–Kier alpha value is -1.51. The lowest BCUT2D eigenvalue weighted by atomic mass is 10.3. The molecular weight excluding hydrogens is 154 g/mol. The SMILES string of the molecule is COC(=O)C=C1C=CC=CN1C. The average molecular weight is 165 g/mol. The van der Waals surface area contributed by atoms with Gasteiger partial charge in [-0.2, -0.15) is 0 Å². The van der Waals surface area contributed by atoms with E-state index in [0.29, 0.717) is 0 Å². The highest BCUT2D eigenvalue weighted by Gasteiger charge is 2.03. The van der Waals surface area contributed by atoms with Crippen LogP contribution in [0.5, 0.6) is 0 Å². The summed E-state index contributed by atoms with van der Waals surface area (Å²) in [5.41, 5.74) is 0.823. The maximum Gasteiger partial charge on any atom is 0.332 e. The predicted molar refractivity (Wildman–Crippen MR) is 46.1 cm³/mol. The third-order valence-corrected chi connectivity index (χ3v) is 1.56. The number of ether oxygens (including phenoxy) is 1. The number of hydrogen-bond donors (Lipinski definition) is 0. The molecule has 0 radical (unpaired) electrons. The number of allylic oxidation sites excluding steroid dienone is 3. The average Bonchev–Trinajstić information content (AvgIpc) is 2.09. The van der Waals surface area contributed by atoms with Gasteiger partial charge in [-0.25, -0.2) is 4.79 Å². The normalized spacial score (nSPS) is 18.5. The smallest absolute Gasteiger partial charge is 0.332 e. The molecule has 0 saturated heterocycles. The summed E-state index contributed by atoms with van der Waals surface area (Å²) in [5, 5.41) is 0. The summed E-state index contributed by atoms with van der Waals surface area (Å²) in [6.45, 7) is 0. The zero-order chi connectivity index (χ0) is 8.97. The highest BCUT2D eigenvalue weighted by Crippen LogP contribution is 2.08. The molecule has 0 atom stereocenters. The Morgan fingerprint density at radius 1 is 1.58 bits per heavy atom. The van der Waals surface area contributed by atoms with E-state index >= 15 is 0 Å². The van der Waals surface area contributed by atoms with Gasteiger partial charge in [0.2, 0.25) is 0 Å². The van der Waals surface area contributed by atoms with Crippen LogP contribution in [0.4, 0.5) is 0 Å². The van der Waals surface area contributed by atoms with Gasteiger partial charge < -0.3 is 9.64 Å². The Morgan fingerprint density at radius 3 is 2.92 bits per heavy atom. The van der Waals surface area contributed by atoms with Gasteiger partial charge in [0.1, 0.15) is 0 Å². The molecule has 0 unspecified atom stereocenters. The largest absolute Gasteiger partial charge is 0.466 e. The summed E-state index contributed by atoms with van der Waals surface area (Å²) >= 11 is 0. The number of rotatable bonds is 1. The van der Waals surface area contributed by atoms with Crippen LogP contribution in [0, 0.1) is 0 Å². The van der Waals surface area contributed by atoms with Crippen LogP contribution < -0.4 is 0 Å². The molecule has 12 heavy (non-hydrogen) atoms. The first-order valence-electron chi connectivity index (χ1n) is 3.61. The van der Waals surface area contributed by atoms with Crippen molar-refractivity contribution in [1.29, 1.82) is 0 Å². The zero-order valence-electron chi connectivity index (χ0n) is 7.15. The minimum absolute atomic E-state index is 0.336. The van der Waals surface area contributed by atoms with Crippen LogP contribution in [-0.2, 0) is 9.53 Å². The maximum absolute atomic E-state index is 10.8. The molecule has 1 rings (SSSR count). The van der Waals surface area contributed by atoms with Crippen molar-refractivity contribution in [3.63, 3.8) is 0 Å². The lowest BCUT2D eigenvalue weighted by molar-refractivity contribution is -0.134. The maximum atomic E-state index is 10.8. The van der Waals surface area contributed by atoms with Gasteiger partial charge in [-0.05, 0) is 12.2 Å². The Balaban J connectivity index is 2.75. The first kappa shape index (κ1) is 8.59. The number of carbonyl (C=O) groups excluding carboxylic acids is 1. The highest BCUT2D eigenvalue weighted by atomic mass is 16.5. The molecule has 0 aromatic rings. The molecule has 1 aliphatic rings. The molecule has 0 saturated carbocycles. The van der Waals surface area contributed by atoms with Crippen molar-refractivity contribution in [2.24, 2.45) is 0 Å². The van der Waals surface area contributed by atoms with Crippen molar-refractivity contribution < 1.29 is 9.53 Å². The van der Waals surface area contributed by atoms with Gasteiger partial charge in [-0.3, -0.25) is 0 Å². The number of nitrogens with zero attached hydrogens (tertiary/aromatic N) is 1. The van der Waals surface area contributed by atoms with E-state index in [0.717, 1.165) is 5.70 Å². The molecule has 0 bridgehead atoms. The van der Waals surface area contributed by atoms with E-state index in [9.17, 15) is 4.79 Å². The van der Waals surface area contributed by atoms with Crippen LogP contribution in [0.3, 0.4) is 0 Å². The molecule has 0 aromatic carbocycles. The lowest BCUT2D eigenvalue weighted by Crippen LogP contribution is -2.12. The van der Waals surface area contributed by atoms with Crippen molar-refractivity contribution in [3.8, 4) is 0 Å². The fraction of sp³-hybridized carbons (Fsp3) is 0.222. The monoisotopic (exact) mass is 165 g/mol. The Kier molecular flexibility index (Phi) is 2.69. The Bertz CT molecular complexity index is 264. The standard InChI is InChI=1S/C9H11NO2/c1-10-6-4-3-5-8(10)7-9(11)12-2/h3-7H,1-2H3. The third kappa shape index (κ3) is 1.99. The summed E-state index contributed by atoms with van der Waals surface area (Å²) in [4.78, 5) is 12.7. The fourth-order valence-electron chi connectivity index (χ4n) is 0.866. The van der Waals surface area contributed by atoms with Gasteiger partial charge in [0.25, 0.3) is 0 Å². The summed E-state index contributed by atoms with van der Waals surface area (Å²) in [6.07, 6.45) is 8.93. The summed E-state index contributed by atoms with van der Waals surface area (Å²) < 4.78 is 4.50. The topological polar surface area (TPSA) is 29.5 Å². The molecule has 1 aliphatic heterocycles. The molecular formula is C9H11NO2. The second-order valence-corrected chi connectivity index (χ2v) is 2.40. The molecule has 0 aromatic heterocycles. The number of likely N-dealkylation sites (N-methyl/N-ethyl adjacent to an activating group) is 1. The van der Waals surface area contributed by atoms with E-state index in [4.69, 9.17) is 0 Å². The molecule has 0 N–H and O–H groups in total. The Labute approximate surface area is 71.6 Å². The van der Waals surface area contributed by atoms with Crippen molar-refractivity contribution in [2.45, 2.75) is 0 Å². The summed E-state index contributed by atoms with van der Waals surface area (Å²) in [5.74, 6) is -0.336. The van der Waals surface area contributed by atoms with Gasteiger partial charge in [0.15, 0.2) is 0 Å². The minimum atomic E-state index is -0.336. The van der Waals surface area contributed by atoms with Crippen LogP contribution >= 0.6 is 0 Å². The molecule has 0 aliphatic carbocycles. The van der Waals surface area contributed by atoms with Crippen molar-refractivity contribution in [3.05, 3.63) is 36.2 Å². The highest BCUT2D eigenvalue weighted by molar-refractivity contribution is 5.83. The van der Waals surface area contributed by atoms with Gasteiger partial charge >= 0.3 is 5.97 Å². The van der Waals surface area contributed by atoms with E-state index in [1.54, 1.807) is 0 Å². The molecule has 1 heterocycles. The second kappa shape index (κ2) is 3.76. The molecule has 0 amide bonds. The van der Waals surface area contributed by atoms with Crippen molar-refractivity contribution >= 4 is 5.97 Å². The summed E-state index contributed by atoms with van der Waals surface area (Å²) in [6, 6.07) is 0. The van der Waals surface area contributed by atoms with E-state index in [1.807, 2.05) is 36.4 Å². The second-order valence-electron chi connectivity index (χ2n) is 2.40. The molecule has 0 spiro atoms.